The summed E-state index contributed by atoms with van der Waals surface area (Å²) in [4.78, 5) is 15.3. The molecule has 1 unspecified atom stereocenters. The van der Waals surface area contributed by atoms with Crippen LogP contribution in [0.4, 0.5) is 4.39 Å². The van der Waals surface area contributed by atoms with Crippen LogP contribution in [0, 0.1) is 12.8 Å². The van der Waals surface area contributed by atoms with E-state index in [9.17, 15) is 4.79 Å². The minimum absolute atomic E-state index is 0.0327. The Bertz CT molecular complexity index is 934. The second kappa shape index (κ2) is 8.38. The third-order valence-corrected chi connectivity index (χ3v) is 6.73. The molecule has 2 aliphatic rings. The molecule has 1 atom stereocenters. The average Bonchev–Trinajstić information content (AvgIpc) is 3.04. The van der Waals surface area contributed by atoms with E-state index in [4.69, 9.17) is 9.47 Å². The zero-order valence-electron chi connectivity index (χ0n) is 18.0. The fourth-order valence-corrected chi connectivity index (χ4v) is 4.85. The first-order valence-electron chi connectivity index (χ1n) is 10.7. The summed E-state index contributed by atoms with van der Waals surface area (Å²) in [7, 11) is 3.14. The lowest BCUT2D eigenvalue weighted by Crippen LogP contribution is -2.43. The van der Waals surface area contributed by atoms with Crippen LogP contribution >= 0.6 is 0 Å². The van der Waals surface area contributed by atoms with Gasteiger partial charge in [-0.25, -0.2) is 4.39 Å². The summed E-state index contributed by atoms with van der Waals surface area (Å²) in [6, 6.07) is 12.0. The Morgan fingerprint density at radius 1 is 1.10 bits per heavy atom. The van der Waals surface area contributed by atoms with Crippen molar-refractivity contribution in [3.8, 4) is 11.5 Å². The maximum Gasteiger partial charge on any atom is 0.166 e. The lowest BCUT2D eigenvalue weighted by Gasteiger charge is -2.37. The van der Waals surface area contributed by atoms with Crippen LogP contribution in [-0.4, -0.2) is 43.7 Å². The van der Waals surface area contributed by atoms with Gasteiger partial charge < -0.3 is 9.47 Å². The number of likely N-dealkylation sites (tertiary alicyclic amines) is 1. The number of methoxy groups -OCH3 is 2. The number of halogens is 1. The first kappa shape index (κ1) is 20.9. The van der Waals surface area contributed by atoms with Crippen LogP contribution < -0.4 is 9.47 Å². The van der Waals surface area contributed by atoms with Crippen LogP contribution in [0.2, 0.25) is 0 Å². The molecule has 4 nitrogen and oxygen atoms in total. The normalized spacial score (nSPS) is 20.8. The zero-order chi connectivity index (χ0) is 21.3. The van der Waals surface area contributed by atoms with Crippen LogP contribution in [-0.2, 0) is 13.0 Å². The Morgan fingerprint density at radius 3 is 2.43 bits per heavy atom. The number of aryl methyl sites for hydroxylation is 1. The van der Waals surface area contributed by atoms with Gasteiger partial charge in [-0.2, -0.15) is 0 Å². The molecule has 0 spiro atoms. The number of alkyl halides is 1. The van der Waals surface area contributed by atoms with Crippen molar-refractivity contribution < 1.29 is 18.7 Å². The molecule has 0 radical (unpaired) electrons. The molecular weight excluding hydrogens is 381 g/mol. The number of rotatable bonds is 6. The molecule has 2 aromatic carbocycles. The average molecular weight is 412 g/mol. The molecule has 30 heavy (non-hydrogen) atoms. The first-order valence-corrected chi connectivity index (χ1v) is 10.7. The summed E-state index contributed by atoms with van der Waals surface area (Å²) in [5.41, 5.74) is 2.88. The monoisotopic (exact) mass is 411 g/mol. The van der Waals surface area contributed by atoms with Crippen LogP contribution in [0.25, 0.3) is 0 Å². The molecule has 0 N–H and O–H groups in total. The Balaban J connectivity index is 1.39. The number of ketones is 1. The van der Waals surface area contributed by atoms with E-state index in [-0.39, 0.29) is 11.7 Å². The highest BCUT2D eigenvalue weighted by atomic mass is 19.1. The van der Waals surface area contributed by atoms with Crippen LogP contribution in [0.3, 0.4) is 0 Å². The van der Waals surface area contributed by atoms with Crippen molar-refractivity contribution in [2.24, 2.45) is 5.92 Å². The highest BCUT2D eigenvalue weighted by Crippen LogP contribution is 2.42. The highest BCUT2D eigenvalue weighted by Gasteiger charge is 2.41. The Kier molecular flexibility index (Phi) is 5.83. The van der Waals surface area contributed by atoms with E-state index < -0.39 is 5.67 Å². The van der Waals surface area contributed by atoms with E-state index in [1.165, 1.54) is 11.1 Å². The Morgan fingerprint density at radius 2 is 1.77 bits per heavy atom. The summed E-state index contributed by atoms with van der Waals surface area (Å²) >= 11 is 0. The predicted molar refractivity (Wildman–Crippen MR) is 115 cm³/mol. The van der Waals surface area contributed by atoms with Crippen molar-refractivity contribution in [3.63, 3.8) is 0 Å². The molecule has 2 aromatic rings. The van der Waals surface area contributed by atoms with E-state index in [1.807, 2.05) is 12.1 Å². The predicted octanol–water partition coefficient (Wildman–Crippen LogP) is 4.76. The van der Waals surface area contributed by atoms with E-state index >= 15 is 4.39 Å². The van der Waals surface area contributed by atoms with Crippen LogP contribution in [0.5, 0.6) is 11.5 Å². The van der Waals surface area contributed by atoms with Gasteiger partial charge in [-0.05, 0) is 61.4 Å². The van der Waals surface area contributed by atoms with Gasteiger partial charge in [-0.15, -0.1) is 0 Å². The van der Waals surface area contributed by atoms with Gasteiger partial charge >= 0.3 is 0 Å². The molecule has 0 bridgehead atoms. The molecule has 160 valence electrons. The molecule has 4 rings (SSSR count). The smallest absolute Gasteiger partial charge is 0.166 e. The summed E-state index contributed by atoms with van der Waals surface area (Å²) < 4.78 is 26.4. The summed E-state index contributed by atoms with van der Waals surface area (Å²) in [5, 5.41) is 0. The number of piperidine rings is 1. The largest absolute Gasteiger partial charge is 0.493 e. The van der Waals surface area contributed by atoms with Gasteiger partial charge in [0.25, 0.3) is 0 Å². The summed E-state index contributed by atoms with van der Waals surface area (Å²) in [6.45, 7) is 4.42. The number of hydrogen-bond acceptors (Lipinski definition) is 4. The summed E-state index contributed by atoms with van der Waals surface area (Å²) in [5.74, 6) is 0.893. The lowest BCUT2D eigenvalue weighted by atomic mass is 9.82. The quantitative estimate of drug-likeness (QED) is 0.687. The van der Waals surface area contributed by atoms with E-state index in [0.717, 1.165) is 25.2 Å². The molecular formula is C25H30FNO3. The highest BCUT2D eigenvalue weighted by molar-refractivity contribution is 6.03. The number of carbonyl (C=O) groups is 1. The molecule has 0 saturated carbocycles. The Hall–Kier alpha value is -2.40. The standard InChI is InChI=1S/C25H30FNO3/c1-17-6-4-5-7-18(17)16-27-10-8-25(26,9-11-27)15-20-12-19-13-22(29-2)23(30-3)14-21(19)24(20)28/h4-7,13-14,20H,8-12,15-16H2,1-3H3. The number of benzene rings is 2. The molecule has 1 aliphatic carbocycles. The molecule has 1 aliphatic heterocycles. The van der Waals surface area contributed by atoms with E-state index in [0.29, 0.717) is 42.7 Å². The minimum atomic E-state index is -1.28. The molecule has 0 amide bonds. The fourth-order valence-electron chi connectivity index (χ4n) is 4.85. The number of hydrogen-bond donors (Lipinski definition) is 0. The van der Waals surface area contributed by atoms with Crippen LogP contribution in [0.15, 0.2) is 36.4 Å². The summed E-state index contributed by atoms with van der Waals surface area (Å²) in [6.07, 6.45) is 1.83. The van der Waals surface area contributed by atoms with Crippen molar-refractivity contribution >= 4 is 5.78 Å². The topological polar surface area (TPSA) is 38.8 Å². The van der Waals surface area contributed by atoms with Crippen molar-refractivity contribution in [3.05, 3.63) is 58.7 Å². The van der Waals surface area contributed by atoms with Crippen molar-refractivity contribution in [1.29, 1.82) is 0 Å². The lowest BCUT2D eigenvalue weighted by molar-refractivity contribution is 0.0336. The number of ether oxygens (including phenoxy) is 2. The molecule has 1 heterocycles. The van der Waals surface area contributed by atoms with Crippen molar-refractivity contribution in [2.75, 3.05) is 27.3 Å². The molecule has 5 heteroatoms. The SMILES string of the molecule is COc1cc2c(cc1OC)C(=O)C(CC1(F)CCN(Cc3ccccc3C)CC1)C2. The maximum atomic E-state index is 15.7. The minimum Gasteiger partial charge on any atom is -0.493 e. The molecule has 1 saturated heterocycles. The van der Waals surface area contributed by atoms with Crippen LogP contribution in [0.1, 0.15) is 46.3 Å². The van der Waals surface area contributed by atoms with E-state index in [1.54, 1.807) is 20.3 Å². The first-order chi connectivity index (χ1) is 14.4. The zero-order valence-corrected chi connectivity index (χ0v) is 18.0. The van der Waals surface area contributed by atoms with Crippen molar-refractivity contribution in [2.45, 2.75) is 44.8 Å². The van der Waals surface area contributed by atoms with E-state index in [2.05, 4.69) is 30.0 Å². The fraction of sp³-hybridized carbons (Fsp3) is 0.480. The third-order valence-electron chi connectivity index (χ3n) is 6.73. The van der Waals surface area contributed by atoms with Gasteiger partial charge in [0, 0.05) is 31.1 Å². The number of Topliss-reactive ketones (excluding diaryl/α,β-unsaturated/α-hetero) is 1. The third kappa shape index (κ3) is 4.08. The van der Waals surface area contributed by atoms with Gasteiger partial charge in [0.15, 0.2) is 17.3 Å². The second-order valence-corrected chi connectivity index (χ2v) is 8.69. The molecule has 0 aromatic heterocycles. The molecule has 1 fully saturated rings. The van der Waals surface area contributed by atoms with Crippen molar-refractivity contribution in [1.82, 2.24) is 4.90 Å². The number of carbonyl (C=O) groups excluding carboxylic acids is 1. The van der Waals surface area contributed by atoms with Gasteiger partial charge in [0.05, 0.1) is 14.2 Å². The Labute approximate surface area is 178 Å². The van der Waals surface area contributed by atoms with Gasteiger partial charge in [0.1, 0.15) is 5.67 Å². The second-order valence-electron chi connectivity index (χ2n) is 8.69. The number of nitrogens with zero attached hydrogens (tertiary/aromatic N) is 1. The van der Waals surface area contributed by atoms with Gasteiger partial charge in [0.2, 0.25) is 0 Å². The number of fused-ring (bicyclic) bond motifs is 1. The van der Waals surface area contributed by atoms with Gasteiger partial charge in [-0.1, -0.05) is 24.3 Å². The van der Waals surface area contributed by atoms with Gasteiger partial charge in [-0.3, -0.25) is 9.69 Å². The maximum absolute atomic E-state index is 15.7.